The minimum absolute atomic E-state index is 0.141. The van der Waals surface area contributed by atoms with Gasteiger partial charge in [-0.3, -0.25) is 28.2 Å². The van der Waals surface area contributed by atoms with Crippen molar-refractivity contribution in [1.29, 1.82) is 0 Å². The van der Waals surface area contributed by atoms with Crippen LogP contribution < -0.4 is 28.3 Å². The van der Waals surface area contributed by atoms with Crippen molar-refractivity contribution >= 4 is 43.5 Å². The van der Waals surface area contributed by atoms with E-state index in [1.807, 2.05) is 42.5 Å². The number of phosphoric ester groups is 1. The summed E-state index contributed by atoms with van der Waals surface area (Å²) in [5, 5.41) is 134. The quantitative estimate of drug-likeness (QED) is 0.0389. The SMILES string of the molecule is CC(=O)NC1C(OC2C(OP(=O)(O)OC[C@@H](OCCc3ccc(-c4ccccc4)cc3)C(=O)O)OC(C(N)=O)C(C)(O)C2OC(N)=O)OC(COC2OC(CO)C(O)C(O)C2O)C(OC2C(C)C(OC3OC(C(N)=O)C(O)C(O)C3O)C(C(N)=O)C(O)C2O)C1O. The second-order valence-electron chi connectivity index (χ2n) is 22.4. The number of carbonyl (C=O) groups is 6. The fraction of sp³-hybridized carbons (Fsp3) is 0.660. The third kappa shape index (κ3) is 16.8. The van der Waals surface area contributed by atoms with E-state index in [0.29, 0.717) is 5.56 Å². The molecule has 5 aliphatic rings. The minimum Gasteiger partial charge on any atom is -0.479 e. The van der Waals surface area contributed by atoms with E-state index in [0.717, 1.165) is 25.0 Å². The first-order chi connectivity index (χ1) is 42.7. The second-order valence-corrected chi connectivity index (χ2v) is 23.8. The van der Waals surface area contributed by atoms with Crippen LogP contribution in [0.15, 0.2) is 54.6 Å². The highest BCUT2D eigenvalue weighted by Crippen LogP contribution is 2.49. The number of carboxylic acid groups (broad SMARTS) is 1. The summed E-state index contributed by atoms with van der Waals surface area (Å²) in [6, 6.07) is 14.4. The van der Waals surface area contributed by atoms with Crippen LogP contribution in [0.4, 0.5) is 4.79 Å². The maximum atomic E-state index is 13.9. The lowest BCUT2D eigenvalue weighted by molar-refractivity contribution is -0.365. The summed E-state index contributed by atoms with van der Waals surface area (Å²) in [5.41, 5.74) is 21.6. The standard InChI is InChI=1S/C53H76N5O32P/c1-18-37(85-50-36(69)32(65)34(67)40(86-50)45(55)71)26(44(54)70)29(62)33(66)38(18)84-39-24(16-80-49-35(68)31(64)28(61)23(15-59)82-49)83-48(27(30(39)63)58-19(2)60)87-41-42(89-52(57)75)53(3,76)43(46(56)72)88-51(41)90-91(77,78)81-17-25(47(73)74)79-14-13-20-9-11-22(12-10-20)21-7-5-4-6-8-21/h4-12,18,23-43,48-51,59,61-69,76H,13-17H2,1-3H3,(H2,54,70)(H2,55,71)(H2,56,72)(H2,57,75)(H,58,60)(H,73,74)(H,77,78)/t18?,23?,24?,25-,26?,27?,28?,29?,30?,31?,32?,33?,34?,35?,36?,37?,38?,39?,40?,41?,42?,43?,48?,49?,50?,51?,53?/m1/s1. The van der Waals surface area contributed by atoms with Gasteiger partial charge >= 0.3 is 19.9 Å². The lowest BCUT2D eigenvalue weighted by Gasteiger charge is -2.52. The van der Waals surface area contributed by atoms with E-state index in [4.69, 9.17) is 79.4 Å². The Morgan fingerprint density at radius 1 is 0.659 bits per heavy atom. The smallest absolute Gasteiger partial charge is 0.474 e. The van der Waals surface area contributed by atoms with Gasteiger partial charge in [0.1, 0.15) is 78.8 Å². The molecule has 4 saturated heterocycles. The van der Waals surface area contributed by atoms with E-state index in [2.05, 4.69) is 5.32 Å². The van der Waals surface area contributed by atoms with Gasteiger partial charge in [0.15, 0.2) is 55.7 Å². The fourth-order valence-corrected chi connectivity index (χ4v) is 12.0. The van der Waals surface area contributed by atoms with Crippen molar-refractivity contribution in [2.24, 2.45) is 34.8 Å². The Kier molecular flexibility index (Phi) is 24.5. The molecule has 38 heteroatoms. The first-order valence-electron chi connectivity index (χ1n) is 28.1. The Morgan fingerprint density at radius 2 is 1.26 bits per heavy atom. The third-order valence-corrected chi connectivity index (χ3v) is 16.9. The zero-order valence-corrected chi connectivity index (χ0v) is 49.5. The lowest BCUT2D eigenvalue weighted by atomic mass is 9.73. The molecule has 0 aromatic heterocycles. The molecule has 28 atom stereocenters. The van der Waals surface area contributed by atoms with Crippen LogP contribution in [0.5, 0.6) is 0 Å². The molecular formula is C53H76N5O32P. The largest absolute Gasteiger partial charge is 0.479 e. The number of carboxylic acids is 1. The zero-order valence-electron chi connectivity index (χ0n) is 48.6. The summed E-state index contributed by atoms with van der Waals surface area (Å²) in [4.78, 5) is 87.6. The molecule has 1 aliphatic carbocycles. The highest BCUT2D eigenvalue weighted by atomic mass is 31.2. The van der Waals surface area contributed by atoms with Crippen LogP contribution in [0.3, 0.4) is 0 Å². The van der Waals surface area contributed by atoms with E-state index in [1.54, 1.807) is 12.1 Å². The summed E-state index contributed by atoms with van der Waals surface area (Å²) in [6.07, 6.45) is -51.6. The van der Waals surface area contributed by atoms with Crippen molar-refractivity contribution < 1.29 is 156 Å². The molecule has 5 amide bonds. The lowest BCUT2D eigenvalue weighted by Crippen LogP contribution is -2.72. The van der Waals surface area contributed by atoms with Crippen LogP contribution in [0.25, 0.3) is 11.1 Å². The summed E-state index contributed by atoms with van der Waals surface area (Å²) in [6.45, 7) is -0.741. The predicted octanol–water partition coefficient (Wildman–Crippen LogP) is -8.38. The first-order valence-corrected chi connectivity index (χ1v) is 29.6. The Bertz CT molecular complexity index is 2870. The number of amides is 5. The van der Waals surface area contributed by atoms with E-state index in [1.165, 1.54) is 6.92 Å². The van der Waals surface area contributed by atoms with Crippen LogP contribution in [-0.4, -0.2) is 281 Å². The number of primary amides is 4. The number of rotatable bonds is 26. The second kappa shape index (κ2) is 30.6. The number of aliphatic hydroxyl groups excluding tert-OH is 10. The van der Waals surface area contributed by atoms with Crippen LogP contribution in [-0.2, 0) is 91.4 Å². The minimum atomic E-state index is -5.83. The number of nitrogens with one attached hydrogen (secondary N) is 1. The van der Waals surface area contributed by atoms with E-state index >= 15 is 0 Å². The topological polar surface area (TPSA) is 609 Å². The van der Waals surface area contributed by atoms with Gasteiger partial charge in [0, 0.05) is 12.8 Å². The number of benzene rings is 2. The first kappa shape index (κ1) is 72.8. The number of ether oxygens (including phenoxy) is 10. The van der Waals surface area contributed by atoms with Crippen molar-refractivity contribution in [1.82, 2.24) is 5.32 Å². The van der Waals surface area contributed by atoms with Gasteiger partial charge in [-0.2, -0.15) is 0 Å². The van der Waals surface area contributed by atoms with Crippen LogP contribution in [0.2, 0.25) is 0 Å². The molecular weight excluding hydrogens is 1250 g/mol. The van der Waals surface area contributed by atoms with Crippen molar-refractivity contribution in [3.05, 3.63) is 60.2 Å². The maximum Gasteiger partial charge on any atom is 0.474 e. The third-order valence-electron chi connectivity index (χ3n) is 16.0. The number of aliphatic carboxylic acids is 1. The molecule has 5 fully saturated rings. The average molecular weight is 1330 g/mol. The van der Waals surface area contributed by atoms with Gasteiger partial charge < -0.3 is 142 Å². The van der Waals surface area contributed by atoms with Crippen LogP contribution in [0.1, 0.15) is 26.3 Å². The van der Waals surface area contributed by atoms with Crippen molar-refractivity contribution in [3.63, 3.8) is 0 Å². The van der Waals surface area contributed by atoms with Gasteiger partial charge in [-0.1, -0.05) is 61.5 Å². The van der Waals surface area contributed by atoms with Crippen LogP contribution >= 0.6 is 7.82 Å². The maximum absolute atomic E-state index is 13.9. The van der Waals surface area contributed by atoms with Crippen LogP contribution in [0, 0.1) is 11.8 Å². The molecule has 510 valence electrons. The number of hydrogen-bond acceptors (Lipinski definition) is 30. The predicted molar refractivity (Wildman–Crippen MR) is 293 cm³/mol. The molecule has 2 aromatic carbocycles. The highest BCUT2D eigenvalue weighted by molar-refractivity contribution is 7.47. The van der Waals surface area contributed by atoms with Crippen molar-refractivity contribution in [2.45, 2.75) is 180 Å². The molecule has 0 spiro atoms. The van der Waals surface area contributed by atoms with Gasteiger partial charge in [-0.05, 0) is 30.0 Å². The van der Waals surface area contributed by atoms with E-state index in [9.17, 15) is 99.5 Å². The summed E-state index contributed by atoms with van der Waals surface area (Å²) >= 11 is 0. The van der Waals surface area contributed by atoms with E-state index in [-0.39, 0.29) is 13.0 Å². The number of nitrogens with two attached hydrogens (primary N) is 4. The molecule has 4 aliphatic heterocycles. The van der Waals surface area contributed by atoms with Gasteiger partial charge in [0.05, 0.1) is 50.7 Å². The number of hydrogen-bond donors (Lipinski definition) is 18. The van der Waals surface area contributed by atoms with Crippen molar-refractivity contribution in [2.75, 3.05) is 26.4 Å². The molecule has 1 saturated carbocycles. The summed E-state index contributed by atoms with van der Waals surface area (Å²) in [7, 11) is -5.83. The molecule has 37 nitrogen and oxygen atoms in total. The van der Waals surface area contributed by atoms with Gasteiger partial charge in [0.25, 0.3) is 0 Å². The number of phosphoric acid groups is 1. The number of aliphatic hydroxyl groups is 11. The Morgan fingerprint density at radius 3 is 1.85 bits per heavy atom. The fourth-order valence-electron chi connectivity index (χ4n) is 11.2. The van der Waals surface area contributed by atoms with Crippen molar-refractivity contribution in [3.8, 4) is 11.1 Å². The Hall–Kier alpha value is -5.63. The van der Waals surface area contributed by atoms with E-state index < -0.39 is 228 Å². The molecule has 27 unspecified atom stereocenters. The molecule has 0 bridgehead atoms. The Balaban J connectivity index is 1.21. The molecule has 22 N–H and O–H groups in total. The highest BCUT2D eigenvalue weighted by Gasteiger charge is 2.63. The van der Waals surface area contributed by atoms with Gasteiger partial charge in [-0.25, -0.2) is 14.2 Å². The monoisotopic (exact) mass is 1330 g/mol. The molecule has 2 aromatic rings. The molecule has 91 heavy (non-hydrogen) atoms. The van der Waals surface area contributed by atoms with Gasteiger partial charge in [-0.15, -0.1) is 0 Å². The molecule has 4 heterocycles. The summed E-state index contributed by atoms with van der Waals surface area (Å²) < 4.78 is 81.8. The van der Waals surface area contributed by atoms with Gasteiger partial charge in [0.2, 0.25) is 23.6 Å². The molecule has 0 radical (unpaired) electrons. The normalized spacial score (nSPS) is 39.6. The molecule has 7 rings (SSSR count). The zero-order chi connectivity index (χ0) is 67.3. The average Bonchev–Trinajstić information content (AvgIpc) is 0.762. The summed E-state index contributed by atoms with van der Waals surface area (Å²) in [5.74, 6) is -10.5. The Labute approximate surface area is 516 Å². The number of carbonyl (C=O) groups excluding carboxylic acids is 5.